The number of hydrogen-bond acceptors (Lipinski definition) is 3. The Morgan fingerprint density at radius 1 is 1.31 bits per heavy atom. The molecule has 2 aromatic rings. The van der Waals surface area contributed by atoms with Crippen LogP contribution in [0.2, 0.25) is 0 Å². The van der Waals surface area contributed by atoms with Crippen molar-refractivity contribution in [2.24, 2.45) is 0 Å². The van der Waals surface area contributed by atoms with Gasteiger partial charge in [-0.3, -0.25) is 4.79 Å². The third-order valence-corrected chi connectivity index (χ3v) is 2.16. The first-order valence-corrected chi connectivity index (χ1v) is 4.47. The first kappa shape index (κ1) is 12.7. The van der Waals surface area contributed by atoms with E-state index in [-0.39, 0.29) is 32.3 Å². The van der Waals surface area contributed by atoms with Crippen molar-refractivity contribution in [1.82, 2.24) is 4.98 Å². The molecule has 80 valence electrons. The molecule has 0 radical (unpaired) electrons. The van der Waals surface area contributed by atoms with Gasteiger partial charge in [0.1, 0.15) is 5.97 Å². The van der Waals surface area contributed by atoms with Crippen LogP contribution in [0.25, 0.3) is 10.9 Å². The Kier molecular flexibility index (Phi) is 4.09. The summed E-state index contributed by atoms with van der Waals surface area (Å²) in [6.45, 7) is 0. The summed E-state index contributed by atoms with van der Waals surface area (Å²) in [5.41, 5.74) is 1.48. The summed E-state index contributed by atoms with van der Waals surface area (Å²) >= 11 is 0. The van der Waals surface area contributed by atoms with Crippen LogP contribution < -0.4 is 5.11 Å². The van der Waals surface area contributed by atoms with Gasteiger partial charge >= 0.3 is 23.1 Å². The number of ketones is 1. The quantitative estimate of drug-likeness (QED) is 0.588. The van der Waals surface area contributed by atoms with Crippen molar-refractivity contribution in [1.29, 1.82) is 0 Å². The van der Waals surface area contributed by atoms with E-state index in [9.17, 15) is 14.7 Å². The van der Waals surface area contributed by atoms with Crippen LogP contribution in [0, 0.1) is 0 Å². The zero-order chi connectivity index (χ0) is 10.8. The summed E-state index contributed by atoms with van der Waals surface area (Å²) in [5.74, 6) is -2.56. The van der Waals surface area contributed by atoms with E-state index in [1.165, 1.54) is 0 Å². The summed E-state index contributed by atoms with van der Waals surface area (Å²) in [4.78, 5) is 24.1. The second-order valence-electron chi connectivity index (χ2n) is 3.27. The molecule has 0 spiro atoms. The van der Waals surface area contributed by atoms with E-state index in [2.05, 4.69) is 4.98 Å². The van der Waals surface area contributed by atoms with Gasteiger partial charge in [-0.1, -0.05) is 18.2 Å². The number of H-pyrrole nitrogens is 1. The number of fused-ring (bicyclic) bond motifs is 1. The van der Waals surface area contributed by atoms with Gasteiger partial charge in [0.25, 0.3) is 0 Å². The minimum Gasteiger partial charge on any atom is -1.00 e. The third kappa shape index (κ3) is 2.62. The largest absolute Gasteiger partial charge is 2.00 e. The number of para-hydroxylation sites is 1. The van der Waals surface area contributed by atoms with Crippen molar-refractivity contribution in [2.75, 3.05) is 0 Å². The minimum atomic E-state index is -1.64. The van der Waals surface area contributed by atoms with E-state index in [1.54, 1.807) is 6.07 Å². The zero-order valence-electron chi connectivity index (χ0n) is 10.5. The first-order chi connectivity index (χ1) is 7.16. The number of hydrogen-bond donors (Lipinski definition) is 1. The number of carboxylic acids is 1. The fraction of sp³-hybridized carbons (Fsp3) is 0.0909. The summed E-state index contributed by atoms with van der Waals surface area (Å²) in [5, 5.41) is 11.2. The standard InChI is InChI=1S/C11H9NO3.Mg.2H/c13-10(11(14)15)6-8-5-7-3-1-2-4-9(7)12-8;;;/h1-5,12H,6H2,(H,14,15);;;/q;+2;2*-1/p-1. The van der Waals surface area contributed by atoms with Crippen LogP contribution in [0.1, 0.15) is 8.55 Å². The Bertz CT molecular complexity index is 509. The summed E-state index contributed by atoms with van der Waals surface area (Å²) in [6, 6.07) is 9.25. The van der Waals surface area contributed by atoms with Gasteiger partial charge in [-0.25, -0.2) is 0 Å². The van der Waals surface area contributed by atoms with Gasteiger partial charge in [-0.05, 0) is 17.5 Å². The second-order valence-corrected chi connectivity index (χ2v) is 3.27. The molecular weight excluding hydrogens is 218 g/mol. The molecule has 5 heteroatoms. The Hall–Kier alpha value is -1.33. The Labute approximate surface area is 111 Å². The molecule has 0 aliphatic rings. The molecule has 0 fully saturated rings. The van der Waals surface area contributed by atoms with Gasteiger partial charge < -0.3 is 17.7 Å². The maximum Gasteiger partial charge on any atom is 2.00 e. The van der Waals surface area contributed by atoms with Crippen LogP contribution in [0.4, 0.5) is 0 Å². The SMILES string of the molecule is O=C([O-])C(=O)Cc1cc2ccccc2[nH]1.[H-].[H-].[Mg+2]. The van der Waals surface area contributed by atoms with Crippen LogP contribution >= 0.6 is 0 Å². The normalized spacial score (nSPS) is 9.75. The maximum absolute atomic E-state index is 10.9. The fourth-order valence-electron chi connectivity index (χ4n) is 1.47. The smallest absolute Gasteiger partial charge is 1.00 e. The van der Waals surface area contributed by atoms with E-state index >= 15 is 0 Å². The molecule has 0 saturated heterocycles. The molecule has 16 heavy (non-hydrogen) atoms. The van der Waals surface area contributed by atoms with E-state index < -0.39 is 11.8 Å². The topological polar surface area (TPSA) is 73.0 Å². The number of aromatic amines is 1. The number of aliphatic carboxylic acids is 1. The molecule has 0 aliphatic carbocycles. The fourth-order valence-corrected chi connectivity index (χ4v) is 1.47. The second kappa shape index (κ2) is 5.13. The van der Waals surface area contributed by atoms with E-state index in [1.807, 2.05) is 24.3 Å². The first-order valence-electron chi connectivity index (χ1n) is 4.47. The number of rotatable bonds is 3. The molecule has 1 N–H and O–H groups in total. The molecule has 1 heterocycles. The van der Waals surface area contributed by atoms with E-state index in [0.717, 1.165) is 10.9 Å². The predicted octanol–water partition coefficient (Wildman–Crippen LogP) is -0.126. The summed E-state index contributed by atoms with van der Waals surface area (Å²) in [7, 11) is 0. The Balaban J connectivity index is 0. The Morgan fingerprint density at radius 2 is 2.00 bits per heavy atom. The molecule has 0 bridgehead atoms. The number of aromatic nitrogens is 1. The van der Waals surface area contributed by atoms with Gasteiger partial charge in [0, 0.05) is 11.2 Å². The van der Waals surface area contributed by atoms with Gasteiger partial charge in [-0.2, -0.15) is 0 Å². The van der Waals surface area contributed by atoms with Gasteiger partial charge in [0.05, 0.1) is 6.42 Å². The predicted molar refractivity (Wildman–Crippen MR) is 60.0 cm³/mol. The van der Waals surface area contributed by atoms with Crippen molar-refractivity contribution in [3.63, 3.8) is 0 Å². The van der Waals surface area contributed by atoms with Crippen LogP contribution in [-0.2, 0) is 16.0 Å². The number of nitrogens with one attached hydrogen (secondary N) is 1. The molecule has 1 aromatic heterocycles. The van der Waals surface area contributed by atoms with Gasteiger partial charge in [0.2, 0.25) is 0 Å². The van der Waals surface area contributed by atoms with Crippen LogP contribution in [-0.4, -0.2) is 39.8 Å². The van der Waals surface area contributed by atoms with Crippen molar-refractivity contribution in [3.05, 3.63) is 36.0 Å². The molecule has 0 aliphatic heterocycles. The van der Waals surface area contributed by atoms with Crippen LogP contribution in [0.3, 0.4) is 0 Å². The third-order valence-electron chi connectivity index (χ3n) is 2.16. The molecule has 2 rings (SSSR count). The molecule has 4 nitrogen and oxygen atoms in total. The zero-order valence-corrected chi connectivity index (χ0v) is 9.94. The Morgan fingerprint density at radius 3 is 2.62 bits per heavy atom. The average molecular weight is 229 g/mol. The van der Waals surface area contributed by atoms with Crippen molar-refractivity contribution in [2.45, 2.75) is 6.42 Å². The van der Waals surface area contributed by atoms with E-state index in [0.29, 0.717) is 5.69 Å². The van der Waals surface area contributed by atoms with Crippen molar-refractivity contribution in [3.8, 4) is 0 Å². The average Bonchev–Trinajstić information content (AvgIpc) is 2.59. The number of Topliss-reactive ketones (excluding diaryl/α,β-unsaturated/α-hetero) is 1. The molecule has 0 atom stereocenters. The molecule has 0 amide bonds. The number of carbonyl (C=O) groups is 2. The number of carboxylic acid groups (broad SMARTS) is 1. The van der Waals surface area contributed by atoms with Crippen molar-refractivity contribution >= 4 is 45.7 Å². The van der Waals surface area contributed by atoms with E-state index in [4.69, 9.17) is 0 Å². The minimum absolute atomic E-state index is 0. The molecule has 0 unspecified atom stereocenters. The van der Waals surface area contributed by atoms with Crippen molar-refractivity contribution < 1.29 is 17.5 Å². The maximum atomic E-state index is 10.9. The summed E-state index contributed by atoms with van der Waals surface area (Å²) in [6.07, 6.45) is -0.156. The van der Waals surface area contributed by atoms with Crippen LogP contribution in [0.5, 0.6) is 0 Å². The molecule has 1 aromatic carbocycles. The number of benzene rings is 1. The monoisotopic (exact) mass is 228 g/mol. The number of carbonyl (C=O) groups excluding carboxylic acids is 2. The summed E-state index contributed by atoms with van der Waals surface area (Å²) < 4.78 is 0. The molecular formula is C11H10MgNO3-. The van der Waals surface area contributed by atoms with Crippen LogP contribution in [0.15, 0.2) is 30.3 Å². The molecule has 0 saturated carbocycles. The van der Waals surface area contributed by atoms with Gasteiger partial charge in [0.15, 0.2) is 5.78 Å². The van der Waals surface area contributed by atoms with Gasteiger partial charge in [-0.15, -0.1) is 0 Å².